The molecule has 0 atom stereocenters. The van der Waals surface area contributed by atoms with Crippen LogP contribution < -0.4 is 15.8 Å². The third-order valence-electron chi connectivity index (χ3n) is 4.00. The molecule has 7 nitrogen and oxygen atoms in total. The molecule has 2 aromatic rings. The van der Waals surface area contributed by atoms with Crippen LogP contribution in [0.2, 0.25) is 0 Å². The molecule has 2 N–H and O–H groups in total. The highest BCUT2D eigenvalue weighted by Gasteiger charge is 2.18. The number of allylic oxidation sites excluding steroid dienone is 3. The Balaban J connectivity index is 1.68. The average Bonchev–Trinajstić information content (AvgIpc) is 3.11. The van der Waals surface area contributed by atoms with Crippen LogP contribution in [0.1, 0.15) is 16.8 Å². The lowest BCUT2D eigenvalue weighted by atomic mass is 9.98. The van der Waals surface area contributed by atoms with E-state index >= 15 is 0 Å². The van der Waals surface area contributed by atoms with Crippen molar-refractivity contribution in [2.24, 2.45) is 0 Å². The number of hydrogen-bond donors (Lipinski definition) is 2. The fourth-order valence-electron chi connectivity index (χ4n) is 2.78. The van der Waals surface area contributed by atoms with Crippen LogP contribution in [0, 0.1) is 0 Å². The molecule has 4 rings (SSSR count). The molecule has 0 saturated carbocycles. The van der Waals surface area contributed by atoms with Crippen molar-refractivity contribution in [1.82, 2.24) is 20.7 Å². The van der Waals surface area contributed by atoms with Crippen LogP contribution in [0.15, 0.2) is 65.4 Å². The fourth-order valence-corrected chi connectivity index (χ4v) is 2.78. The molecule has 1 aromatic heterocycles. The molecule has 7 heteroatoms. The number of hydrogen-bond acceptors (Lipinski definition) is 6. The first kappa shape index (κ1) is 15.2. The summed E-state index contributed by atoms with van der Waals surface area (Å²) in [6.45, 7) is 0. The maximum absolute atomic E-state index is 11.1. The highest BCUT2D eigenvalue weighted by atomic mass is 16.8. The van der Waals surface area contributed by atoms with Gasteiger partial charge in [0.15, 0.2) is 0 Å². The Hall–Kier alpha value is -3.32. The molecule has 0 unspecified atom stereocenters. The van der Waals surface area contributed by atoms with Crippen molar-refractivity contribution in [2.45, 2.75) is 6.42 Å². The van der Waals surface area contributed by atoms with Gasteiger partial charge in [-0.15, -0.1) is 0 Å². The average molecular weight is 336 g/mol. The Bertz CT molecular complexity index is 939. The van der Waals surface area contributed by atoms with E-state index in [9.17, 15) is 4.79 Å². The molecule has 0 amide bonds. The van der Waals surface area contributed by atoms with Crippen LogP contribution in [0.4, 0.5) is 0 Å². The Labute approximate surface area is 143 Å². The van der Waals surface area contributed by atoms with Crippen molar-refractivity contribution in [1.29, 1.82) is 0 Å². The van der Waals surface area contributed by atoms with Crippen molar-refractivity contribution < 1.29 is 9.68 Å². The van der Waals surface area contributed by atoms with Crippen LogP contribution in [0.3, 0.4) is 0 Å². The highest BCUT2D eigenvalue weighted by Crippen LogP contribution is 2.33. The summed E-state index contributed by atoms with van der Waals surface area (Å²) in [5.74, 6) is 0.787. The first-order valence-corrected chi connectivity index (χ1v) is 7.76. The van der Waals surface area contributed by atoms with Crippen molar-refractivity contribution in [3.63, 3.8) is 0 Å². The first-order valence-electron chi connectivity index (χ1n) is 7.76. The fraction of sp³-hybridized carbons (Fsp3) is 0.111. The van der Waals surface area contributed by atoms with Crippen molar-refractivity contribution >= 4 is 5.57 Å². The number of rotatable bonds is 4. The van der Waals surface area contributed by atoms with Gasteiger partial charge in [0.2, 0.25) is 0 Å². The van der Waals surface area contributed by atoms with E-state index in [1.807, 2.05) is 30.5 Å². The second-order valence-corrected chi connectivity index (χ2v) is 5.64. The van der Waals surface area contributed by atoms with Gasteiger partial charge in [0.05, 0.1) is 24.7 Å². The number of nitrogens with one attached hydrogen (secondary N) is 2. The monoisotopic (exact) mass is 336 g/mol. The summed E-state index contributed by atoms with van der Waals surface area (Å²) in [5.41, 5.74) is 7.28. The van der Waals surface area contributed by atoms with Crippen LogP contribution in [0.25, 0.3) is 5.57 Å². The zero-order valence-corrected chi connectivity index (χ0v) is 13.5. The standard InChI is InChI=1S/C18H16N4O3/c1-24-17-4-2-12(8-14-3-5-18(23)21-20-14)9-16(17)13-6-7-22-15(10-13)11-19-25-22/h2-7,9-11,19H,8H2,1H3,(H,21,23). The van der Waals surface area contributed by atoms with Gasteiger partial charge in [-0.3, -0.25) is 4.79 Å². The second kappa shape index (κ2) is 6.29. The topological polar surface area (TPSA) is 79.5 Å². The van der Waals surface area contributed by atoms with Crippen molar-refractivity contribution in [2.75, 3.05) is 7.11 Å². The lowest BCUT2D eigenvalue weighted by Crippen LogP contribution is -2.15. The van der Waals surface area contributed by atoms with Gasteiger partial charge in [0, 0.05) is 24.3 Å². The third kappa shape index (κ3) is 3.05. The van der Waals surface area contributed by atoms with Gasteiger partial charge >= 0.3 is 0 Å². The Morgan fingerprint density at radius 1 is 1.28 bits per heavy atom. The molecule has 0 bridgehead atoms. The van der Waals surface area contributed by atoms with E-state index in [1.54, 1.807) is 24.4 Å². The number of fused-ring (bicyclic) bond motifs is 1. The van der Waals surface area contributed by atoms with E-state index in [4.69, 9.17) is 9.68 Å². The predicted octanol–water partition coefficient (Wildman–Crippen LogP) is 1.87. The zero-order chi connectivity index (χ0) is 17.2. The molecule has 2 aliphatic heterocycles. The molecular weight excluding hydrogens is 320 g/mol. The SMILES string of the molecule is COc1ccc(Cc2ccc(=O)[nH]n2)cc1C1=CC2=CNON2C=C1. The Morgan fingerprint density at radius 3 is 3.00 bits per heavy atom. The molecular formula is C18H16N4O3. The van der Waals surface area contributed by atoms with Gasteiger partial charge in [0.1, 0.15) is 5.75 Å². The van der Waals surface area contributed by atoms with E-state index in [0.29, 0.717) is 6.42 Å². The molecule has 0 aliphatic carbocycles. The van der Waals surface area contributed by atoms with Crippen molar-refractivity contribution in [3.05, 3.63) is 87.8 Å². The smallest absolute Gasteiger partial charge is 0.264 e. The number of aromatic nitrogens is 2. The van der Waals surface area contributed by atoms with Gasteiger partial charge in [0.25, 0.3) is 5.56 Å². The number of benzene rings is 1. The van der Waals surface area contributed by atoms with E-state index in [0.717, 1.165) is 33.8 Å². The first-order chi connectivity index (χ1) is 12.2. The number of H-pyrrole nitrogens is 1. The summed E-state index contributed by atoms with van der Waals surface area (Å²) >= 11 is 0. The third-order valence-corrected chi connectivity index (χ3v) is 4.00. The quantitative estimate of drug-likeness (QED) is 0.887. The molecule has 25 heavy (non-hydrogen) atoms. The van der Waals surface area contributed by atoms with Crippen LogP contribution in [0.5, 0.6) is 5.75 Å². The molecule has 0 fully saturated rings. The number of ether oxygens (including phenoxy) is 1. The largest absolute Gasteiger partial charge is 0.496 e. The summed E-state index contributed by atoms with van der Waals surface area (Å²) in [4.78, 5) is 16.3. The Kier molecular flexibility index (Phi) is 3.83. The summed E-state index contributed by atoms with van der Waals surface area (Å²) in [7, 11) is 1.65. The van der Waals surface area contributed by atoms with Gasteiger partial charge in [-0.1, -0.05) is 6.07 Å². The molecule has 2 aliphatic rings. The van der Waals surface area contributed by atoms with E-state index in [2.05, 4.69) is 21.7 Å². The van der Waals surface area contributed by atoms with Crippen molar-refractivity contribution in [3.8, 4) is 5.75 Å². The minimum Gasteiger partial charge on any atom is -0.496 e. The molecule has 3 heterocycles. The van der Waals surface area contributed by atoms with Gasteiger partial charge in [-0.05, 0) is 41.5 Å². The minimum absolute atomic E-state index is 0.207. The maximum Gasteiger partial charge on any atom is 0.264 e. The summed E-state index contributed by atoms with van der Waals surface area (Å²) in [6, 6.07) is 9.21. The molecule has 1 aromatic carbocycles. The summed E-state index contributed by atoms with van der Waals surface area (Å²) in [5, 5.41) is 8.17. The van der Waals surface area contributed by atoms with Crippen LogP contribution in [-0.2, 0) is 11.4 Å². The van der Waals surface area contributed by atoms with Gasteiger partial charge in [-0.2, -0.15) is 10.0 Å². The predicted molar refractivity (Wildman–Crippen MR) is 91.9 cm³/mol. The number of hydroxylamine groups is 3. The number of aromatic amines is 1. The number of nitrogens with zero attached hydrogens (tertiary/aromatic N) is 2. The summed E-state index contributed by atoms with van der Waals surface area (Å²) < 4.78 is 5.51. The van der Waals surface area contributed by atoms with E-state index in [-0.39, 0.29) is 5.56 Å². The van der Waals surface area contributed by atoms with E-state index in [1.165, 1.54) is 6.07 Å². The molecule has 0 radical (unpaired) electrons. The molecule has 0 spiro atoms. The van der Waals surface area contributed by atoms with Crippen LogP contribution in [-0.4, -0.2) is 22.4 Å². The normalized spacial score (nSPS) is 15.3. The van der Waals surface area contributed by atoms with Gasteiger partial charge in [-0.25, -0.2) is 15.6 Å². The molecule has 126 valence electrons. The van der Waals surface area contributed by atoms with Crippen LogP contribution >= 0.6 is 0 Å². The zero-order valence-electron chi connectivity index (χ0n) is 13.5. The minimum atomic E-state index is -0.207. The van der Waals surface area contributed by atoms with E-state index < -0.39 is 0 Å². The Morgan fingerprint density at radius 2 is 2.20 bits per heavy atom. The number of methoxy groups -OCH3 is 1. The summed E-state index contributed by atoms with van der Waals surface area (Å²) in [6.07, 6.45) is 8.22. The second-order valence-electron chi connectivity index (χ2n) is 5.64. The lowest BCUT2D eigenvalue weighted by molar-refractivity contribution is -0.112. The molecule has 0 saturated heterocycles. The maximum atomic E-state index is 11.1. The van der Waals surface area contributed by atoms with Gasteiger partial charge < -0.3 is 4.74 Å². The lowest BCUT2D eigenvalue weighted by Gasteiger charge is -2.19. The highest BCUT2D eigenvalue weighted by molar-refractivity contribution is 5.81.